The fourth-order valence-corrected chi connectivity index (χ4v) is 0.198. The van der Waals surface area contributed by atoms with Crippen molar-refractivity contribution >= 4 is 0 Å². The summed E-state index contributed by atoms with van der Waals surface area (Å²) in [5, 5.41) is 3.21. The predicted molar refractivity (Wildman–Crippen MR) is 35.6 cm³/mol. The molecule has 1 radical (unpaired) electrons. The van der Waals surface area contributed by atoms with Gasteiger partial charge in [0.2, 0.25) is 0 Å². The molecule has 0 aromatic carbocycles. The van der Waals surface area contributed by atoms with Gasteiger partial charge in [-0.2, -0.15) is 5.16 Å². The van der Waals surface area contributed by atoms with Crippen LogP contribution in [0.15, 0.2) is 4.52 Å². The number of rotatable bonds is 0. The average molecular weight is 314 g/mol. The molecule has 0 N–H and O–H groups in total. The number of aromatic nitrogens is 2. The molecule has 0 unspecified atom stereocenters. The molecule has 0 saturated carbocycles. The summed E-state index contributed by atoms with van der Waals surface area (Å²) in [6.07, 6.45) is 2.26. The topological polar surface area (TPSA) is 38.9 Å². The van der Waals surface area contributed by atoms with Crippen molar-refractivity contribution in [3.05, 3.63) is 19.6 Å². The summed E-state index contributed by atoms with van der Waals surface area (Å²) in [5.74, 6) is 0.551. The van der Waals surface area contributed by atoms with Crippen LogP contribution in [-0.2, 0) is 20.4 Å². The molecule has 0 aliphatic rings. The Morgan fingerprint density at radius 1 is 1.40 bits per heavy atom. The Hall–Kier alpha value is -0.198. The van der Waals surface area contributed by atoms with E-state index in [0.717, 1.165) is 0 Å². The molecule has 10 heavy (non-hydrogen) atoms. The van der Waals surface area contributed by atoms with Crippen molar-refractivity contribution in [3.8, 4) is 0 Å². The van der Waals surface area contributed by atoms with Gasteiger partial charge in [-0.1, -0.05) is 20.8 Å². The molecule has 0 aliphatic carbocycles. The quantitative estimate of drug-likeness (QED) is 0.684. The molecule has 61 valence electrons. The molecule has 1 heterocycles. The van der Waals surface area contributed by atoms with Gasteiger partial charge in [-0.3, -0.25) is 0 Å². The fourth-order valence-electron chi connectivity index (χ4n) is 0.198. The molecule has 4 heteroatoms. The SMILES string of the molecule is CC.Cc1n[c-]no1.[CH3-].[Re]. The summed E-state index contributed by atoms with van der Waals surface area (Å²) in [6.45, 7) is 5.71. The maximum Gasteiger partial charge on any atom is 0.0645 e. The van der Waals surface area contributed by atoms with Gasteiger partial charge >= 0.3 is 0 Å². The zero-order chi connectivity index (χ0) is 6.41. The maximum atomic E-state index is 4.42. The minimum atomic E-state index is 0. The molecule has 0 bridgehead atoms. The van der Waals surface area contributed by atoms with Crippen molar-refractivity contribution in [2.75, 3.05) is 0 Å². The Labute approximate surface area is 75.9 Å². The molecule has 0 saturated heterocycles. The first-order chi connectivity index (χ1) is 3.89. The van der Waals surface area contributed by atoms with Gasteiger partial charge in [0.05, 0.1) is 5.89 Å². The summed E-state index contributed by atoms with van der Waals surface area (Å²) in [6, 6.07) is 0. The Morgan fingerprint density at radius 3 is 2.00 bits per heavy atom. The first-order valence-electron chi connectivity index (χ1n) is 2.56. The van der Waals surface area contributed by atoms with Crippen molar-refractivity contribution < 1.29 is 24.9 Å². The zero-order valence-electron chi connectivity index (χ0n) is 6.68. The summed E-state index contributed by atoms with van der Waals surface area (Å²) >= 11 is 0. The van der Waals surface area contributed by atoms with Crippen LogP contribution in [0.3, 0.4) is 0 Å². The summed E-state index contributed by atoms with van der Waals surface area (Å²) in [5.41, 5.74) is 0. The van der Waals surface area contributed by atoms with Gasteiger partial charge in [-0.05, 0) is 6.33 Å². The van der Waals surface area contributed by atoms with Crippen LogP contribution in [0.25, 0.3) is 0 Å². The number of nitrogens with zero attached hydrogens (tertiary/aromatic N) is 2. The average Bonchev–Trinajstić information content (AvgIpc) is 2.24. The summed E-state index contributed by atoms with van der Waals surface area (Å²) < 4.78 is 4.42. The van der Waals surface area contributed by atoms with E-state index in [1.165, 1.54) is 0 Å². The van der Waals surface area contributed by atoms with Gasteiger partial charge in [0.15, 0.2) is 0 Å². The second-order valence-electron chi connectivity index (χ2n) is 0.913. The summed E-state index contributed by atoms with van der Waals surface area (Å²) in [4.78, 5) is 3.51. The van der Waals surface area contributed by atoms with Crippen LogP contribution in [0, 0.1) is 20.7 Å². The van der Waals surface area contributed by atoms with E-state index in [0.29, 0.717) is 5.89 Å². The molecule has 0 spiro atoms. The van der Waals surface area contributed by atoms with Crippen LogP contribution in [-0.4, -0.2) is 10.1 Å². The van der Waals surface area contributed by atoms with Crippen molar-refractivity contribution in [1.29, 1.82) is 0 Å². The minimum Gasteiger partial charge on any atom is -0.450 e. The number of hydrogen-bond acceptors (Lipinski definition) is 3. The van der Waals surface area contributed by atoms with E-state index in [9.17, 15) is 0 Å². The minimum absolute atomic E-state index is 0. The van der Waals surface area contributed by atoms with Gasteiger partial charge in [-0.15, -0.1) is 0 Å². The zero-order valence-corrected chi connectivity index (χ0v) is 9.40. The van der Waals surface area contributed by atoms with Gasteiger partial charge in [0.25, 0.3) is 0 Å². The predicted octanol–water partition coefficient (Wildman–Crippen LogP) is 1.65. The molecule has 3 nitrogen and oxygen atoms in total. The van der Waals surface area contributed by atoms with E-state index in [4.69, 9.17) is 0 Å². The van der Waals surface area contributed by atoms with Crippen LogP contribution in [0.2, 0.25) is 0 Å². The summed E-state index contributed by atoms with van der Waals surface area (Å²) in [7, 11) is 0. The monoisotopic (exact) mass is 315 g/mol. The molecule has 0 atom stereocenters. The van der Waals surface area contributed by atoms with Crippen molar-refractivity contribution in [2.24, 2.45) is 0 Å². The maximum absolute atomic E-state index is 4.42. The Balaban J connectivity index is -0.000000114. The first-order valence-corrected chi connectivity index (χ1v) is 2.56. The Kier molecular flexibility index (Phi) is 19.0. The van der Waals surface area contributed by atoms with Crippen LogP contribution < -0.4 is 0 Å². The van der Waals surface area contributed by atoms with Crippen LogP contribution in [0.1, 0.15) is 19.7 Å². The van der Waals surface area contributed by atoms with Crippen LogP contribution >= 0.6 is 0 Å². The normalized spacial score (nSPS) is 5.90. The molecule has 0 amide bonds. The molecule has 0 aliphatic heterocycles. The number of aryl methyl sites for hydroxylation is 1. The van der Waals surface area contributed by atoms with E-state index >= 15 is 0 Å². The molecular weight excluding hydrogens is 302 g/mol. The van der Waals surface area contributed by atoms with Crippen LogP contribution in [0.5, 0.6) is 0 Å². The van der Waals surface area contributed by atoms with E-state index in [1.807, 2.05) is 13.8 Å². The third-order valence-corrected chi connectivity index (χ3v) is 0.426. The van der Waals surface area contributed by atoms with E-state index in [1.54, 1.807) is 6.92 Å². The van der Waals surface area contributed by atoms with Gasteiger partial charge < -0.3 is 16.9 Å². The number of hydrogen-bond donors (Lipinski definition) is 0. The molecule has 1 aromatic heterocycles. The van der Waals surface area contributed by atoms with Gasteiger partial charge in [-0.25, -0.2) is 0 Å². The molecule has 1 rings (SSSR count). The Morgan fingerprint density at radius 2 is 1.90 bits per heavy atom. The third-order valence-electron chi connectivity index (χ3n) is 0.426. The standard InChI is InChI=1S/C3H3N2O.C2H6.CH3.Re/c1-3-4-2-5-6-3;1-2;;/h1H3;1-2H3;1H3;/q-1;;-1;. The first kappa shape index (κ1) is 16.4. The van der Waals surface area contributed by atoms with E-state index in [-0.39, 0.29) is 27.8 Å². The molecule has 0 fully saturated rings. The largest absolute Gasteiger partial charge is 0.450 e. The second-order valence-corrected chi connectivity index (χ2v) is 0.913. The van der Waals surface area contributed by atoms with E-state index < -0.39 is 0 Å². The van der Waals surface area contributed by atoms with Crippen molar-refractivity contribution in [3.63, 3.8) is 0 Å². The molecule has 1 aromatic rings. The van der Waals surface area contributed by atoms with Gasteiger partial charge in [0.1, 0.15) is 0 Å². The van der Waals surface area contributed by atoms with Gasteiger partial charge in [0, 0.05) is 20.4 Å². The van der Waals surface area contributed by atoms with E-state index in [2.05, 4.69) is 21.0 Å². The smallest absolute Gasteiger partial charge is 0.0645 e. The Bertz CT molecular complexity index is 119. The van der Waals surface area contributed by atoms with Crippen molar-refractivity contribution in [1.82, 2.24) is 10.1 Å². The fraction of sp³-hybridized carbons (Fsp3) is 0.500. The second kappa shape index (κ2) is 11.6. The molecular formula is C6H12N2ORe-2. The van der Waals surface area contributed by atoms with Crippen LogP contribution in [0.4, 0.5) is 0 Å². The third kappa shape index (κ3) is 7.80. The van der Waals surface area contributed by atoms with Crippen molar-refractivity contribution in [2.45, 2.75) is 20.8 Å².